The van der Waals surface area contributed by atoms with Crippen LogP contribution in [0.25, 0.3) is 0 Å². The van der Waals surface area contributed by atoms with Crippen molar-refractivity contribution >= 4 is 0 Å². The molecule has 1 rings (SSSR count). The highest BCUT2D eigenvalue weighted by Gasteiger charge is 2.17. The maximum atomic E-state index is 9.92. The Kier molecular flexibility index (Phi) is 3.93. The number of benzene rings is 1. The van der Waals surface area contributed by atoms with Crippen molar-refractivity contribution in [2.75, 3.05) is 0 Å². The van der Waals surface area contributed by atoms with E-state index in [0.717, 1.165) is 0 Å². The van der Waals surface area contributed by atoms with Crippen LogP contribution in [-0.4, -0.2) is 10.7 Å². The maximum Gasteiger partial charge on any atom is 0.0632 e. The summed E-state index contributed by atoms with van der Waals surface area (Å²) in [7, 11) is 0. The zero-order valence-electron chi connectivity index (χ0n) is 10.7. The summed E-state index contributed by atoms with van der Waals surface area (Å²) in [5, 5.41) is 9.92. The van der Waals surface area contributed by atoms with Crippen molar-refractivity contribution in [1.29, 1.82) is 0 Å². The molecular weight excluding hydrogens is 196 g/mol. The molecule has 1 nitrogen and oxygen atoms in total. The van der Waals surface area contributed by atoms with Gasteiger partial charge in [-0.2, -0.15) is 0 Å². The first-order chi connectivity index (χ1) is 7.33. The minimum atomic E-state index is -0.663. The van der Waals surface area contributed by atoms with Crippen LogP contribution in [0.4, 0.5) is 0 Å². The van der Waals surface area contributed by atoms with Crippen LogP contribution in [0.15, 0.2) is 30.9 Å². The highest BCUT2D eigenvalue weighted by Crippen LogP contribution is 2.25. The van der Waals surface area contributed by atoms with Crippen molar-refractivity contribution < 1.29 is 5.11 Å². The Morgan fingerprint density at radius 3 is 2.56 bits per heavy atom. The molecule has 0 heterocycles. The first kappa shape index (κ1) is 13.0. The lowest BCUT2D eigenvalue weighted by molar-refractivity contribution is 0.0807. The van der Waals surface area contributed by atoms with Crippen molar-refractivity contribution in [1.82, 2.24) is 0 Å². The molecule has 1 aromatic rings. The number of rotatable bonds is 4. The summed E-state index contributed by atoms with van der Waals surface area (Å²) in [5.41, 5.74) is 3.06. The highest BCUT2D eigenvalue weighted by molar-refractivity contribution is 5.36. The molecule has 0 saturated heterocycles. The molecule has 0 aliphatic rings. The van der Waals surface area contributed by atoms with Crippen molar-refractivity contribution in [3.8, 4) is 0 Å². The molecule has 1 heteroatoms. The molecule has 0 radical (unpaired) electrons. The van der Waals surface area contributed by atoms with Gasteiger partial charge in [0.2, 0.25) is 0 Å². The zero-order valence-corrected chi connectivity index (χ0v) is 10.7. The van der Waals surface area contributed by atoms with Crippen LogP contribution in [-0.2, 0) is 6.42 Å². The molecule has 88 valence electrons. The van der Waals surface area contributed by atoms with Crippen molar-refractivity contribution in [3.05, 3.63) is 47.5 Å². The summed E-state index contributed by atoms with van der Waals surface area (Å²) in [6.07, 6.45) is 2.63. The quantitative estimate of drug-likeness (QED) is 0.766. The minimum absolute atomic E-state index is 0.331. The third kappa shape index (κ3) is 3.49. The van der Waals surface area contributed by atoms with E-state index in [2.05, 4.69) is 38.6 Å². The molecule has 0 unspecified atom stereocenters. The lowest BCUT2D eigenvalue weighted by Crippen LogP contribution is -2.23. The van der Waals surface area contributed by atoms with E-state index in [4.69, 9.17) is 0 Å². The Hall–Kier alpha value is -1.08. The third-order valence-electron chi connectivity index (χ3n) is 2.77. The Bertz CT molecular complexity index is 372. The Labute approximate surface area is 98.8 Å². The van der Waals surface area contributed by atoms with E-state index in [1.165, 1.54) is 16.7 Å². The van der Waals surface area contributed by atoms with E-state index in [-0.39, 0.29) is 0 Å². The number of hydrogen-bond donors (Lipinski definition) is 1. The number of aryl methyl sites for hydroxylation is 1. The monoisotopic (exact) mass is 218 g/mol. The van der Waals surface area contributed by atoms with Gasteiger partial charge >= 0.3 is 0 Å². The predicted octanol–water partition coefficient (Wildman–Crippen LogP) is 3.60. The summed E-state index contributed by atoms with van der Waals surface area (Å²) in [5.74, 6) is 0.331. The van der Waals surface area contributed by atoms with Crippen LogP contribution in [0.3, 0.4) is 0 Å². The van der Waals surface area contributed by atoms with E-state index >= 15 is 0 Å². The van der Waals surface area contributed by atoms with Crippen molar-refractivity contribution in [3.63, 3.8) is 0 Å². The van der Waals surface area contributed by atoms with Gasteiger partial charge in [0.05, 0.1) is 5.60 Å². The molecule has 0 amide bonds. The molecule has 0 aliphatic carbocycles. The number of allylic oxidation sites excluding steroid dienone is 1. The molecule has 0 spiro atoms. The largest absolute Gasteiger partial charge is 0.390 e. The maximum absolute atomic E-state index is 9.92. The lowest BCUT2D eigenvalue weighted by Gasteiger charge is -2.21. The second-order valence-electron chi connectivity index (χ2n) is 5.22. The van der Waals surface area contributed by atoms with Crippen LogP contribution in [0.1, 0.15) is 43.4 Å². The smallest absolute Gasteiger partial charge is 0.0632 e. The fourth-order valence-corrected chi connectivity index (χ4v) is 1.92. The summed E-state index contributed by atoms with van der Waals surface area (Å²) < 4.78 is 0. The van der Waals surface area contributed by atoms with Gasteiger partial charge in [0.15, 0.2) is 0 Å². The molecule has 1 N–H and O–H groups in total. The van der Waals surface area contributed by atoms with Crippen LogP contribution >= 0.6 is 0 Å². The van der Waals surface area contributed by atoms with Gasteiger partial charge in [-0.15, -0.1) is 6.58 Å². The van der Waals surface area contributed by atoms with Gasteiger partial charge in [-0.1, -0.05) is 36.8 Å². The van der Waals surface area contributed by atoms with Gasteiger partial charge in [-0.3, -0.25) is 0 Å². The number of hydrogen-bond acceptors (Lipinski definition) is 1. The fraction of sp³-hybridized carbons (Fsp3) is 0.467. The van der Waals surface area contributed by atoms with Crippen LogP contribution in [0, 0.1) is 6.92 Å². The van der Waals surface area contributed by atoms with E-state index in [9.17, 15) is 5.11 Å². The standard InChI is InChI=1S/C15H22O/c1-6-12(3)14-8-7-11(2)9-13(14)10-15(4,5)16/h6-9,12,16H,1,10H2,2-5H3/t12-/m1/s1. The van der Waals surface area contributed by atoms with E-state index < -0.39 is 5.60 Å². The Morgan fingerprint density at radius 1 is 1.44 bits per heavy atom. The molecular formula is C15H22O. The normalized spacial score (nSPS) is 13.6. The SMILES string of the molecule is C=C[C@@H](C)c1ccc(C)cc1CC(C)(C)O. The number of aliphatic hydroxyl groups is 1. The minimum Gasteiger partial charge on any atom is -0.390 e. The highest BCUT2D eigenvalue weighted by atomic mass is 16.3. The fourth-order valence-electron chi connectivity index (χ4n) is 1.92. The molecule has 1 aromatic carbocycles. The van der Waals surface area contributed by atoms with Gasteiger partial charge in [-0.05, 0) is 37.8 Å². The molecule has 1 atom stereocenters. The van der Waals surface area contributed by atoms with Crippen molar-refractivity contribution in [2.45, 2.75) is 45.6 Å². The average Bonchev–Trinajstić information content (AvgIpc) is 2.14. The second kappa shape index (κ2) is 4.84. The van der Waals surface area contributed by atoms with Crippen LogP contribution in [0.2, 0.25) is 0 Å². The van der Waals surface area contributed by atoms with E-state index in [1.54, 1.807) is 0 Å². The molecule has 0 aromatic heterocycles. The molecule has 0 bridgehead atoms. The summed E-state index contributed by atoms with van der Waals surface area (Å²) in [4.78, 5) is 0. The van der Waals surface area contributed by atoms with E-state index in [1.807, 2.05) is 19.9 Å². The van der Waals surface area contributed by atoms with Crippen molar-refractivity contribution in [2.24, 2.45) is 0 Å². The Morgan fingerprint density at radius 2 is 2.06 bits per heavy atom. The van der Waals surface area contributed by atoms with Crippen LogP contribution < -0.4 is 0 Å². The average molecular weight is 218 g/mol. The zero-order chi connectivity index (χ0) is 12.3. The topological polar surface area (TPSA) is 20.2 Å². The Balaban J connectivity index is 3.13. The summed E-state index contributed by atoms with van der Waals surface area (Å²) >= 11 is 0. The molecule has 0 aliphatic heterocycles. The first-order valence-electron chi connectivity index (χ1n) is 5.78. The van der Waals surface area contributed by atoms with Gasteiger partial charge in [0, 0.05) is 6.42 Å². The van der Waals surface area contributed by atoms with Gasteiger partial charge in [0.1, 0.15) is 0 Å². The van der Waals surface area contributed by atoms with Gasteiger partial charge in [-0.25, -0.2) is 0 Å². The summed E-state index contributed by atoms with van der Waals surface area (Å²) in [6.45, 7) is 11.7. The molecule has 0 saturated carbocycles. The van der Waals surface area contributed by atoms with Gasteiger partial charge < -0.3 is 5.11 Å². The third-order valence-corrected chi connectivity index (χ3v) is 2.77. The second-order valence-corrected chi connectivity index (χ2v) is 5.22. The van der Waals surface area contributed by atoms with E-state index in [0.29, 0.717) is 12.3 Å². The summed E-state index contributed by atoms with van der Waals surface area (Å²) in [6, 6.07) is 6.42. The van der Waals surface area contributed by atoms with Gasteiger partial charge in [0.25, 0.3) is 0 Å². The first-order valence-corrected chi connectivity index (χ1v) is 5.78. The molecule has 0 fully saturated rings. The lowest BCUT2D eigenvalue weighted by atomic mass is 9.88. The molecule has 16 heavy (non-hydrogen) atoms. The van der Waals surface area contributed by atoms with Crippen LogP contribution in [0.5, 0.6) is 0 Å². The predicted molar refractivity (Wildman–Crippen MR) is 69.8 cm³/mol.